The maximum Gasteiger partial charge on any atom is 0.172 e. The third kappa shape index (κ3) is 3.52. The predicted octanol–water partition coefficient (Wildman–Crippen LogP) is 4.27. The molecule has 21 heavy (non-hydrogen) atoms. The summed E-state index contributed by atoms with van der Waals surface area (Å²) in [5, 5.41) is 0.0322. The zero-order valence-corrected chi connectivity index (χ0v) is 12.2. The highest BCUT2D eigenvalue weighted by molar-refractivity contribution is 6.30. The van der Waals surface area contributed by atoms with Crippen LogP contribution in [0.2, 0.25) is 5.02 Å². The fourth-order valence-corrected chi connectivity index (χ4v) is 2.05. The largest absolute Gasteiger partial charge is 0.490 e. The molecular formula is C16H14ClFO3. The van der Waals surface area contributed by atoms with Crippen LogP contribution in [0.25, 0.3) is 0 Å². The minimum Gasteiger partial charge on any atom is -0.490 e. The number of para-hydroxylation sites is 1. The van der Waals surface area contributed by atoms with E-state index in [1.54, 1.807) is 30.3 Å². The number of ether oxygens (including phenoxy) is 2. The van der Waals surface area contributed by atoms with Crippen molar-refractivity contribution < 1.29 is 18.7 Å². The van der Waals surface area contributed by atoms with E-state index in [9.17, 15) is 9.18 Å². The van der Waals surface area contributed by atoms with Crippen molar-refractivity contribution in [2.75, 3.05) is 6.61 Å². The Balaban J connectivity index is 2.26. The first kappa shape index (κ1) is 15.3. The van der Waals surface area contributed by atoms with Crippen LogP contribution in [-0.2, 0) is 6.61 Å². The summed E-state index contributed by atoms with van der Waals surface area (Å²) in [5.74, 6) is 0.221. The van der Waals surface area contributed by atoms with E-state index in [0.29, 0.717) is 35.5 Å². The summed E-state index contributed by atoms with van der Waals surface area (Å²) < 4.78 is 24.8. The van der Waals surface area contributed by atoms with E-state index < -0.39 is 5.82 Å². The van der Waals surface area contributed by atoms with Gasteiger partial charge in [0.25, 0.3) is 0 Å². The molecule has 3 nitrogen and oxygen atoms in total. The molecule has 0 amide bonds. The molecule has 0 aliphatic carbocycles. The van der Waals surface area contributed by atoms with E-state index in [4.69, 9.17) is 21.1 Å². The Hall–Kier alpha value is -2.07. The first-order valence-electron chi connectivity index (χ1n) is 6.44. The fraction of sp³-hybridized carbons (Fsp3) is 0.188. The van der Waals surface area contributed by atoms with Crippen molar-refractivity contribution in [3.05, 3.63) is 58.4 Å². The van der Waals surface area contributed by atoms with Gasteiger partial charge in [-0.1, -0.05) is 29.8 Å². The minimum absolute atomic E-state index is 0.0322. The molecule has 0 aromatic heterocycles. The molecule has 2 aromatic carbocycles. The molecule has 0 atom stereocenters. The van der Waals surface area contributed by atoms with Crippen molar-refractivity contribution in [1.82, 2.24) is 0 Å². The van der Waals surface area contributed by atoms with Gasteiger partial charge in [0.2, 0.25) is 0 Å². The third-order valence-electron chi connectivity index (χ3n) is 2.84. The number of halogens is 2. The van der Waals surface area contributed by atoms with Gasteiger partial charge in [-0.05, 0) is 25.1 Å². The quantitative estimate of drug-likeness (QED) is 0.748. The summed E-state index contributed by atoms with van der Waals surface area (Å²) in [6.45, 7) is 2.22. The monoisotopic (exact) mass is 308 g/mol. The second kappa shape index (κ2) is 7.09. The average molecular weight is 309 g/mol. The molecule has 0 aliphatic rings. The molecule has 0 N–H and O–H groups in total. The van der Waals surface area contributed by atoms with Gasteiger partial charge in [-0.25, -0.2) is 4.39 Å². The van der Waals surface area contributed by atoms with Crippen LogP contribution in [0.15, 0.2) is 36.4 Å². The molecule has 0 heterocycles. The van der Waals surface area contributed by atoms with E-state index >= 15 is 0 Å². The molecule has 2 rings (SSSR count). The van der Waals surface area contributed by atoms with Crippen molar-refractivity contribution in [3.8, 4) is 11.5 Å². The minimum atomic E-state index is -0.527. The van der Waals surface area contributed by atoms with Crippen molar-refractivity contribution in [1.29, 1.82) is 0 Å². The Bertz CT molecular complexity index is 643. The Morgan fingerprint density at radius 2 is 1.95 bits per heavy atom. The highest BCUT2D eigenvalue weighted by atomic mass is 35.5. The summed E-state index contributed by atoms with van der Waals surface area (Å²) in [6, 6.07) is 9.68. The van der Waals surface area contributed by atoms with Crippen molar-refractivity contribution in [2.24, 2.45) is 0 Å². The first-order valence-corrected chi connectivity index (χ1v) is 6.81. The zero-order chi connectivity index (χ0) is 15.2. The number of rotatable bonds is 6. The SMILES string of the molecule is CCOc1cccc(C=O)c1OCc1cccc(Cl)c1F. The second-order valence-electron chi connectivity index (χ2n) is 4.23. The maximum absolute atomic E-state index is 13.8. The van der Waals surface area contributed by atoms with Crippen LogP contribution in [0.3, 0.4) is 0 Å². The van der Waals surface area contributed by atoms with Gasteiger partial charge in [0.15, 0.2) is 17.8 Å². The molecule has 0 saturated heterocycles. The number of hydrogen-bond donors (Lipinski definition) is 0. The van der Waals surface area contributed by atoms with Gasteiger partial charge in [0, 0.05) is 5.56 Å². The van der Waals surface area contributed by atoms with Gasteiger partial charge in [0.1, 0.15) is 12.4 Å². The predicted molar refractivity (Wildman–Crippen MR) is 78.7 cm³/mol. The number of carbonyl (C=O) groups is 1. The molecule has 110 valence electrons. The number of benzene rings is 2. The summed E-state index contributed by atoms with van der Waals surface area (Å²) in [4.78, 5) is 11.1. The van der Waals surface area contributed by atoms with Crippen LogP contribution >= 0.6 is 11.6 Å². The lowest BCUT2D eigenvalue weighted by atomic mass is 10.2. The Kier molecular flexibility index (Phi) is 5.17. The van der Waals surface area contributed by atoms with Crippen LogP contribution < -0.4 is 9.47 Å². The van der Waals surface area contributed by atoms with Crippen LogP contribution in [-0.4, -0.2) is 12.9 Å². The van der Waals surface area contributed by atoms with Crippen molar-refractivity contribution in [3.63, 3.8) is 0 Å². The fourth-order valence-electron chi connectivity index (χ4n) is 1.86. The van der Waals surface area contributed by atoms with Gasteiger partial charge in [-0.3, -0.25) is 4.79 Å². The van der Waals surface area contributed by atoms with Gasteiger partial charge in [-0.2, -0.15) is 0 Å². The van der Waals surface area contributed by atoms with Gasteiger partial charge >= 0.3 is 0 Å². The lowest BCUT2D eigenvalue weighted by Crippen LogP contribution is -2.03. The highest BCUT2D eigenvalue weighted by Gasteiger charge is 2.13. The standard InChI is InChI=1S/C16H14ClFO3/c1-2-20-14-8-4-5-11(9-19)16(14)21-10-12-6-3-7-13(17)15(12)18/h3-9H,2,10H2,1H3. The summed E-state index contributed by atoms with van der Waals surface area (Å²) >= 11 is 5.72. The highest BCUT2D eigenvalue weighted by Crippen LogP contribution is 2.31. The molecule has 0 saturated carbocycles. The smallest absolute Gasteiger partial charge is 0.172 e. The third-order valence-corrected chi connectivity index (χ3v) is 3.13. The van der Waals surface area contributed by atoms with Crippen molar-refractivity contribution in [2.45, 2.75) is 13.5 Å². The molecular weight excluding hydrogens is 295 g/mol. The van der Waals surface area contributed by atoms with E-state index in [-0.39, 0.29) is 11.6 Å². The molecule has 2 aromatic rings. The second-order valence-corrected chi connectivity index (χ2v) is 4.63. The topological polar surface area (TPSA) is 35.5 Å². The molecule has 0 unspecified atom stereocenters. The molecule has 0 fully saturated rings. The Morgan fingerprint density at radius 3 is 2.67 bits per heavy atom. The van der Waals surface area contributed by atoms with E-state index in [0.717, 1.165) is 0 Å². The molecule has 5 heteroatoms. The lowest BCUT2D eigenvalue weighted by Gasteiger charge is -2.14. The number of carbonyl (C=O) groups excluding carboxylic acids is 1. The van der Waals surface area contributed by atoms with Gasteiger partial charge in [-0.15, -0.1) is 0 Å². The molecule has 0 radical (unpaired) electrons. The van der Waals surface area contributed by atoms with Crippen LogP contribution in [0, 0.1) is 5.82 Å². The Labute approximate surface area is 127 Å². The summed E-state index contributed by atoms with van der Waals surface area (Å²) in [6.07, 6.45) is 0.673. The Morgan fingerprint density at radius 1 is 1.19 bits per heavy atom. The molecule has 0 aliphatic heterocycles. The normalized spacial score (nSPS) is 10.2. The summed E-state index contributed by atoms with van der Waals surface area (Å²) in [7, 11) is 0. The molecule has 0 bridgehead atoms. The van der Waals surface area contributed by atoms with E-state index in [2.05, 4.69) is 0 Å². The van der Waals surface area contributed by atoms with Crippen LogP contribution in [0.1, 0.15) is 22.8 Å². The molecule has 0 spiro atoms. The van der Waals surface area contributed by atoms with Gasteiger partial charge in [0.05, 0.1) is 17.2 Å². The lowest BCUT2D eigenvalue weighted by molar-refractivity contribution is 0.111. The van der Waals surface area contributed by atoms with E-state index in [1.165, 1.54) is 6.07 Å². The maximum atomic E-state index is 13.8. The van der Waals surface area contributed by atoms with Crippen molar-refractivity contribution >= 4 is 17.9 Å². The first-order chi connectivity index (χ1) is 10.2. The number of hydrogen-bond acceptors (Lipinski definition) is 3. The zero-order valence-electron chi connectivity index (χ0n) is 11.4. The summed E-state index contributed by atoms with van der Waals surface area (Å²) in [5.41, 5.74) is 0.661. The van der Waals surface area contributed by atoms with Crippen LogP contribution in [0.5, 0.6) is 11.5 Å². The van der Waals surface area contributed by atoms with Crippen LogP contribution in [0.4, 0.5) is 4.39 Å². The average Bonchev–Trinajstić information content (AvgIpc) is 2.49. The number of aldehydes is 1. The van der Waals surface area contributed by atoms with E-state index in [1.807, 2.05) is 6.92 Å². The van der Waals surface area contributed by atoms with Gasteiger partial charge < -0.3 is 9.47 Å².